The fourth-order valence-electron chi connectivity index (χ4n) is 2.04. The van der Waals surface area contributed by atoms with E-state index in [0.29, 0.717) is 16.6 Å². The molecule has 0 unspecified atom stereocenters. The summed E-state index contributed by atoms with van der Waals surface area (Å²) in [6.07, 6.45) is -0.392. The number of amides is 1. The molecule has 8 heteroatoms. The minimum atomic E-state index is -3.04. The van der Waals surface area contributed by atoms with Crippen molar-refractivity contribution < 1.29 is 22.3 Å². The highest BCUT2D eigenvalue weighted by molar-refractivity contribution is 9.10. The largest absolute Gasteiger partial charge is 0.480 e. The van der Waals surface area contributed by atoms with Gasteiger partial charge in [0, 0.05) is 6.04 Å². The van der Waals surface area contributed by atoms with E-state index in [-0.39, 0.29) is 17.5 Å². The zero-order valence-electron chi connectivity index (χ0n) is 11.3. The molecule has 1 heterocycles. The monoisotopic (exact) mass is 379 g/mol. The van der Waals surface area contributed by atoms with Crippen molar-refractivity contribution in [1.82, 2.24) is 5.32 Å². The first-order valence-electron chi connectivity index (χ1n) is 6.39. The Kier molecular flexibility index (Phi) is 4.88. The lowest BCUT2D eigenvalue weighted by Crippen LogP contribution is -2.43. The Hall–Kier alpha value is -1.15. The number of hydrogen-bond donors (Lipinski definition) is 1. The van der Waals surface area contributed by atoms with Crippen LogP contribution in [0.3, 0.4) is 0 Å². The molecule has 0 saturated carbocycles. The predicted molar refractivity (Wildman–Crippen MR) is 79.4 cm³/mol. The quantitative estimate of drug-likeness (QED) is 0.863. The minimum Gasteiger partial charge on any atom is -0.480 e. The molecule has 5 nitrogen and oxygen atoms in total. The van der Waals surface area contributed by atoms with Gasteiger partial charge in [0.05, 0.1) is 16.0 Å². The lowest BCUT2D eigenvalue weighted by Gasteiger charge is -2.18. The van der Waals surface area contributed by atoms with Crippen molar-refractivity contribution in [2.45, 2.75) is 25.5 Å². The Bertz CT molecular complexity index is 650. The molecule has 1 fully saturated rings. The topological polar surface area (TPSA) is 72.5 Å². The Morgan fingerprint density at radius 2 is 2.24 bits per heavy atom. The Labute approximate surface area is 130 Å². The van der Waals surface area contributed by atoms with Crippen LogP contribution in [0.4, 0.5) is 4.39 Å². The molecule has 0 spiro atoms. The van der Waals surface area contributed by atoms with E-state index in [2.05, 4.69) is 21.2 Å². The second kappa shape index (κ2) is 6.31. The molecule has 2 atom stereocenters. The lowest BCUT2D eigenvalue weighted by molar-refractivity contribution is -0.127. The summed E-state index contributed by atoms with van der Waals surface area (Å²) in [4.78, 5) is 12.0. The summed E-state index contributed by atoms with van der Waals surface area (Å²) in [5, 5.41) is 2.65. The molecule has 1 aromatic rings. The summed E-state index contributed by atoms with van der Waals surface area (Å²) in [6.45, 7) is 1.55. The third kappa shape index (κ3) is 4.41. The van der Waals surface area contributed by atoms with Crippen molar-refractivity contribution in [3.05, 3.63) is 28.5 Å². The molecule has 1 aromatic carbocycles. The molecular weight excluding hydrogens is 365 g/mol. The van der Waals surface area contributed by atoms with Gasteiger partial charge in [-0.3, -0.25) is 4.79 Å². The van der Waals surface area contributed by atoms with Gasteiger partial charge in [0.25, 0.3) is 5.91 Å². The summed E-state index contributed by atoms with van der Waals surface area (Å²) in [5.41, 5.74) is 0. The maximum atomic E-state index is 13.0. The number of halogens is 2. The first-order chi connectivity index (χ1) is 9.77. The van der Waals surface area contributed by atoms with Crippen molar-refractivity contribution in [2.75, 3.05) is 11.5 Å². The van der Waals surface area contributed by atoms with Crippen molar-refractivity contribution >= 4 is 31.7 Å². The first-order valence-corrected chi connectivity index (χ1v) is 9.01. The van der Waals surface area contributed by atoms with Gasteiger partial charge >= 0.3 is 0 Å². The van der Waals surface area contributed by atoms with E-state index in [0.717, 1.165) is 0 Å². The molecule has 1 N–H and O–H groups in total. The molecular formula is C13H15BrFNO4S. The van der Waals surface area contributed by atoms with Gasteiger partial charge in [-0.1, -0.05) is 0 Å². The maximum Gasteiger partial charge on any atom is 0.261 e. The van der Waals surface area contributed by atoms with E-state index >= 15 is 0 Å². The smallest absolute Gasteiger partial charge is 0.261 e. The zero-order valence-corrected chi connectivity index (χ0v) is 13.7. The lowest BCUT2D eigenvalue weighted by atomic mass is 10.2. The van der Waals surface area contributed by atoms with Crippen LogP contribution in [-0.2, 0) is 14.6 Å². The van der Waals surface area contributed by atoms with Gasteiger partial charge in [0.1, 0.15) is 11.6 Å². The van der Waals surface area contributed by atoms with Crippen LogP contribution >= 0.6 is 15.9 Å². The van der Waals surface area contributed by atoms with Crippen LogP contribution in [0, 0.1) is 5.82 Å². The summed E-state index contributed by atoms with van der Waals surface area (Å²) < 4.78 is 41.5. The van der Waals surface area contributed by atoms with E-state index in [1.807, 2.05) is 0 Å². The SMILES string of the molecule is C[C@@H](Oc1ccc(F)cc1Br)C(=O)N[C@H]1CCS(=O)(=O)C1. The van der Waals surface area contributed by atoms with Crippen LogP contribution in [0.15, 0.2) is 22.7 Å². The molecule has 2 rings (SSSR count). The van der Waals surface area contributed by atoms with Crippen molar-refractivity contribution in [1.29, 1.82) is 0 Å². The van der Waals surface area contributed by atoms with E-state index in [4.69, 9.17) is 4.74 Å². The number of carbonyl (C=O) groups excluding carboxylic acids is 1. The number of benzene rings is 1. The van der Waals surface area contributed by atoms with Gasteiger partial charge in [-0.2, -0.15) is 0 Å². The summed E-state index contributed by atoms with van der Waals surface area (Å²) in [7, 11) is -3.04. The van der Waals surface area contributed by atoms with Crippen LogP contribution in [0.2, 0.25) is 0 Å². The number of rotatable bonds is 4. The fraction of sp³-hybridized carbons (Fsp3) is 0.462. The van der Waals surface area contributed by atoms with Crippen molar-refractivity contribution in [3.63, 3.8) is 0 Å². The molecule has 21 heavy (non-hydrogen) atoms. The number of sulfone groups is 1. The maximum absolute atomic E-state index is 13.0. The average Bonchev–Trinajstić information content (AvgIpc) is 2.72. The Morgan fingerprint density at radius 3 is 2.81 bits per heavy atom. The van der Waals surface area contributed by atoms with Crippen LogP contribution in [0.1, 0.15) is 13.3 Å². The van der Waals surface area contributed by atoms with E-state index < -0.39 is 27.7 Å². The van der Waals surface area contributed by atoms with Crippen molar-refractivity contribution in [2.24, 2.45) is 0 Å². The molecule has 0 aliphatic carbocycles. The molecule has 0 radical (unpaired) electrons. The second-order valence-corrected chi connectivity index (χ2v) is 8.03. The van der Waals surface area contributed by atoms with Gasteiger partial charge in [-0.05, 0) is 47.5 Å². The molecule has 1 amide bonds. The van der Waals surface area contributed by atoms with Crippen LogP contribution in [0.5, 0.6) is 5.75 Å². The van der Waals surface area contributed by atoms with E-state index in [1.54, 1.807) is 6.92 Å². The first kappa shape index (κ1) is 16.2. The van der Waals surface area contributed by atoms with Gasteiger partial charge in [0.2, 0.25) is 0 Å². The number of nitrogens with one attached hydrogen (secondary N) is 1. The van der Waals surface area contributed by atoms with Gasteiger partial charge in [0.15, 0.2) is 15.9 Å². The summed E-state index contributed by atoms with van der Waals surface area (Å²) in [5.74, 6) is -0.406. The van der Waals surface area contributed by atoms with E-state index in [1.165, 1.54) is 18.2 Å². The standard InChI is InChI=1S/C13H15BrFNO4S/c1-8(20-12-3-2-9(15)6-11(12)14)13(17)16-10-4-5-21(18,19)7-10/h2-3,6,8,10H,4-5,7H2,1H3,(H,16,17)/t8-,10+/m1/s1. The van der Waals surface area contributed by atoms with E-state index in [9.17, 15) is 17.6 Å². The third-order valence-electron chi connectivity index (χ3n) is 3.15. The van der Waals surface area contributed by atoms with Crippen LogP contribution in [0.25, 0.3) is 0 Å². The molecule has 1 aliphatic rings. The predicted octanol–water partition coefficient (Wildman–Crippen LogP) is 1.66. The van der Waals surface area contributed by atoms with Gasteiger partial charge in [-0.25, -0.2) is 12.8 Å². The highest BCUT2D eigenvalue weighted by Crippen LogP contribution is 2.26. The molecule has 1 saturated heterocycles. The third-order valence-corrected chi connectivity index (χ3v) is 5.53. The molecule has 0 aromatic heterocycles. The Morgan fingerprint density at radius 1 is 1.52 bits per heavy atom. The number of ether oxygens (including phenoxy) is 1. The average molecular weight is 380 g/mol. The van der Waals surface area contributed by atoms with Gasteiger partial charge < -0.3 is 10.1 Å². The van der Waals surface area contributed by atoms with Gasteiger partial charge in [-0.15, -0.1) is 0 Å². The molecule has 116 valence electrons. The summed E-state index contributed by atoms with van der Waals surface area (Å²) >= 11 is 3.15. The summed E-state index contributed by atoms with van der Waals surface area (Å²) in [6, 6.07) is 3.52. The minimum absolute atomic E-state index is 0.0360. The molecule has 0 bridgehead atoms. The zero-order chi connectivity index (χ0) is 15.6. The molecule has 1 aliphatic heterocycles. The second-order valence-electron chi connectivity index (χ2n) is 4.94. The fourth-order valence-corrected chi connectivity index (χ4v) is 4.16. The Balaban J connectivity index is 1.94. The van der Waals surface area contributed by atoms with Crippen molar-refractivity contribution in [3.8, 4) is 5.75 Å². The number of carbonyl (C=O) groups is 1. The number of hydrogen-bond acceptors (Lipinski definition) is 4. The highest BCUT2D eigenvalue weighted by Gasteiger charge is 2.30. The highest BCUT2D eigenvalue weighted by atomic mass is 79.9. The van der Waals surface area contributed by atoms with Crippen LogP contribution < -0.4 is 10.1 Å². The van der Waals surface area contributed by atoms with Crippen LogP contribution in [-0.4, -0.2) is 38.0 Å². The normalized spacial score (nSPS) is 21.8.